The minimum absolute atomic E-state index is 0. The molecule has 0 heterocycles. The molecule has 2 N–H and O–H groups in total. The fourth-order valence-electron chi connectivity index (χ4n) is 2.56. The maximum absolute atomic E-state index is 9.19. The van der Waals surface area contributed by atoms with Gasteiger partial charge in [-0.25, -0.2) is 0 Å². The molecular formula is C25H38O4W2-2. The van der Waals surface area contributed by atoms with Crippen LogP contribution in [-0.2, 0) is 55.0 Å². The summed E-state index contributed by atoms with van der Waals surface area (Å²) in [6.45, 7) is 12.7. The molecule has 31 heavy (non-hydrogen) atoms. The smallest absolute Gasteiger partial charge is 0.122 e. The van der Waals surface area contributed by atoms with Crippen LogP contribution in [0.1, 0.15) is 45.2 Å². The molecule has 0 aliphatic rings. The van der Waals surface area contributed by atoms with E-state index >= 15 is 0 Å². The molecule has 0 saturated heterocycles. The van der Waals surface area contributed by atoms with Crippen LogP contribution in [-0.4, -0.2) is 35.6 Å². The summed E-state index contributed by atoms with van der Waals surface area (Å²) in [4.78, 5) is 0. The van der Waals surface area contributed by atoms with E-state index in [1.807, 2.05) is 48.5 Å². The molecule has 2 aromatic carbocycles. The monoisotopic (exact) mass is 770 g/mol. The quantitative estimate of drug-likeness (QED) is 0.333. The zero-order valence-corrected chi connectivity index (χ0v) is 23.8. The van der Waals surface area contributed by atoms with Gasteiger partial charge in [0.25, 0.3) is 0 Å². The summed E-state index contributed by atoms with van der Waals surface area (Å²) in [6.07, 6.45) is 1.92. The molecule has 2 aromatic rings. The maximum atomic E-state index is 9.19. The number of aliphatic hydroxyl groups excluding tert-OH is 2. The summed E-state index contributed by atoms with van der Waals surface area (Å²) in [7, 11) is 0. The molecule has 0 fully saturated rings. The van der Waals surface area contributed by atoms with Crippen LogP contribution in [0.5, 0.6) is 11.5 Å². The second-order valence-electron chi connectivity index (χ2n) is 6.63. The Morgan fingerprint density at radius 1 is 0.710 bits per heavy atom. The van der Waals surface area contributed by atoms with Crippen molar-refractivity contribution >= 4 is 0 Å². The number of benzene rings is 2. The van der Waals surface area contributed by atoms with Crippen LogP contribution in [0.4, 0.5) is 0 Å². The van der Waals surface area contributed by atoms with Gasteiger partial charge in [0.15, 0.2) is 0 Å². The van der Waals surface area contributed by atoms with Crippen LogP contribution in [0, 0.1) is 13.8 Å². The van der Waals surface area contributed by atoms with Crippen LogP contribution >= 0.6 is 0 Å². The number of rotatable bonds is 10. The summed E-state index contributed by atoms with van der Waals surface area (Å²) < 4.78 is 11.1. The van der Waals surface area contributed by atoms with E-state index in [0.29, 0.717) is 26.1 Å². The van der Waals surface area contributed by atoms with Gasteiger partial charge in [-0.2, -0.15) is 0 Å². The molecule has 2 rings (SSSR count). The van der Waals surface area contributed by atoms with Crippen molar-refractivity contribution in [3.05, 3.63) is 73.5 Å². The Kier molecular flexibility index (Phi) is 23.9. The number of para-hydroxylation sites is 2. The first-order valence-electron chi connectivity index (χ1n) is 9.91. The van der Waals surface area contributed by atoms with Gasteiger partial charge in [0.05, 0.1) is 13.2 Å². The van der Waals surface area contributed by atoms with Gasteiger partial charge in [0.1, 0.15) is 11.5 Å². The Hall–Kier alpha value is -0.663. The van der Waals surface area contributed by atoms with Gasteiger partial charge in [0, 0.05) is 42.1 Å². The molecule has 0 aliphatic carbocycles. The second kappa shape index (κ2) is 21.2. The number of aliphatic hydroxyl groups is 2. The van der Waals surface area contributed by atoms with Crippen molar-refractivity contribution in [1.29, 1.82) is 0 Å². The van der Waals surface area contributed by atoms with Crippen LogP contribution < -0.4 is 9.47 Å². The third-order valence-electron chi connectivity index (χ3n) is 3.78. The molecule has 2 atom stereocenters. The molecule has 176 valence electrons. The number of hydrogen-bond donors (Lipinski definition) is 2. The molecule has 0 aliphatic heterocycles. The zero-order chi connectivity index (χ0) is 20.8. The second-order valence-corrected chi connectivity index (χ2v) is 6.63. The minimum Gasteiger partial charge on any atom is -0.493 e. The van der Waals surface area contributed by atoms with Gasteiger partial charge in [-0.05, 0) is 48.9 Å². The molecule has 0 unspecified atom stereocenters. The van der Waals surface area contributed by atoms with E-state index in [9.17, 15) is 10.2 Å². The summed E-state index contributed by atoms with van der Waals surface area (Å²) in [5, 5.41) is 18.4. The molecule has 0 radical (unpaired) electrons. The molecule has 0 spiro atoms. The molecule has 0 bridgehead atoms. The van der Waals surface area contributed by atoms with Crippen molar-refractivity contribution in [2.45, 2.75) is 59.2 Å². The topological polar surface area (TPSA) is 58.9 Å². The first-order valence-corrected chi connectivity index (χ1v) is 9.91. The fraction of sp³-hybridized carbons (Fsp3) is 0.440. The Morgan fingerprint density at radius 3 is 1.32 bits per heavy atom. The number of hydrogen-bond acceptors (Lipinski definition) is 4. The average molecular weight is 770 g/mol. The first kappa shape index (κ1) is 34.9. The van der Waals surface area contributed by atoms with E-state index in [2.05, 4.69) is 27.7 Å². The van der Waals surface area contributed by atoms with Gasteiger partial charge in [-0.15, -0.1) is 0 Å². The van der Waals surface area contributed by atoms with Crippen molar-refractivity contribution in [2.24, 2.45) is 0 Å². The van der Waals surface area contributed by atoms with Crippen LogP contribution in [0.15, 0.2) is 48.5 Å². The Labute approximate surface area is 218 Å². The largest absolute Gasteiger partial charge is 0.493 e. The standard InChI is InChI=1S/2C12H17O2.CH4.2W/c2*1-3-8-14-12-7-5-4-6-11(12)9-10(2)13;;;/h2*4-7,10,13H,2-3,8-9H2,1H3;1H4;;/q2*-1;;;/t2*10-;;;/m10.../s1. The van der Waals surface area contributed by atoms with Gasteiger partial charge >= 0.3 is 0 Å². The maximum Gasteiger partial charge on any atom is 0.122 e. The van der Waals surface area contributed by atoms with E-state index in [4.69, 9.17) is 9.47 Å². The van der Waals surface area contributed by atoms with Crippen LogP contribution in [0.3, 0.4) is 0 Å². The van der Waals surface area contributed by atoms with Crippen LogP contribution in [0.2, 0.25) is 0 Å². The molecule has 0 saturated carbocycles. The summed E-state index contributed by atoms with van der Waals surface area (Å²) in [5.41, 5.74) is 2.03. The van der Waals surface area contributed by atoms with Gasteiger partial charge in [0.2, 0.25) is 0 Å². The van der Waals surface area contributed by atoms with Crippen molar-refractivity contribution in [3.8, 4) is 11.5 Å². The summed E-state index contributed by atoms with van der Waals surface area (Å²) >= 11 is 0. The van der Waals surface area contributed by atoms with Gasteiger partial charge in [-0.3, -0.25) is 0 Å². The molecule has 0 amide bonds. The Balaban J connectivity index is -0.000000461. The first-order chi connectivity index (χ1) is 13.5. The van der Waals surface area contributed by atoms with Gasteiger partial charge < -0.3 is 33.5 Å². The summed E-state index contributed by atoms with van der Waals surface area (Å²) in [6, 6.07) is 15.5. The van der Waals surface area contributed by atoms with E-state index in [-0.39, 0.29) is 49.6 Å². The SMILES string of the molecule is C.[CH2-][C@@H](O)Cc1ccccc1OCCC.[CH2-][C@H](O)Cc1ccccc1OCCC.[W].[W]. The predicted octanol–water partition coefficient (Wildman–Crippen LogP) is 5.06. The van der Waals surface area contributed by atoms with Crippen molar-refractivity contribution in [3.63, 3.8) is 0 Å². The number of ether oxygens (including phenoxy) is 2. The molecule has 6 heteroatoms. The van der Waals surface area contributed by atoms with E-state index < -0.39 is 12.2 Å². The average Bonchev–Trinajstić information content (AvgIpc) is 2.66. The summed E-state index contributed by atoms with van der Waals surface area (Å²) in [5.74, 6) is 1.72. The third-order valence-corrected chi connectivity index (χ3v) is 3.78. The zero-order valence-electron chi connectivity index (χ0n) is 18.0. The molecular weight excluding hydrogens is 732 g/mol. The van der Waals surface area contributed by atoms with Gasteiger partial charge in [-0.1, -0.05) is 69.9 Å². The third kappa shape index (κ3) is 15.7. The van der Waals surface area contributed by atoms with Crippen molar-refractivity contribution in [2.75, 3.05) is 13.2 Å². The minimum atomic E-state index is -0.568. The predicted molar refractivity (Wildman–Crippen MR) is 121 cm³/mol. The molecule has 0 aromatic heterocycles. The van der Waals surface area contributed by atoms with Crippen molar-refractivity contribution < 1.29 is 61.8 Å². The Morgan fingerprint density at radius 2 is 1.03 bits per heavy atom. The van der Waals surface area contributed by atoms with E-state index in [0.717, 1.165) is 35.5 Å². The normalized spacial score (nSPS) is 11.3. The van der Waals surface area contributed by atoms with E-state index in [1.54, 1.807) is 0 Å². The molecule has 4 nitrogen and oxygen atoms in total. The van der Waals surface area contributed by atoms with Crippen molar-refractivity contribution in [1.82, 2.24) is 0 Å². The fourth-order valence-corrected chi connectivity index (χ4v) is 2.56. The van der Waals surface area contributed by atoms with E-state index in [1.165, 1.54) is 0 Å². The van der Waals surface area contributed by atoms with Crippen LogP contribution in [0.25, 0.3) is 0 Å². The Bertz CT molecular complexity index is 606.